The number of nitrogens with zero attached hydrogens (tertiary/aromatic N) is 2. The van der Waals surface area contributed by atoms with Gasteiger partial charge in [-0.25, -0.2) is 4.39 Å². The summed E-state index contributed by atoms with van der Waals surface area (Å²) in [5.41, 5.74) is 3.24. The highest BCUT2D eigenvalue weighted by Crippen LogP contribution is 2.26. The molecule has 114 valence electrons. The highest BCUT2D eigenvalue weighted by molar-refractivity contribution is 6.30. The van der Waals surface area contributed by atoms with Crippen LogP contribution >= 0.6 is 11.6 Å². The quantitative estimate of drug-likeness (QED) is 0.751. The third kappa shape index (κ3) is 2.96. The average molecular weight is 326 g/mol. The van der Waals surface area contributed by atoms with Crippen molar-refractivity contribution in [3.63, 3.8) is 0 Å². The number of hydrogen-bond donors (Lipinski definition) is 1. The van der Waals surface area contributed by atoms with E-state index in [0.717, 1.165) is 16.8 Å². The topological polar surface area (TPSA) is 48.7 Å². The van der Waals surface area contributed by atoms with E-state index in [2.05, 4.69) is 16.4 Å². The Morgan fingerprint density at radius 2 is 2.04 bits per heavy atom. The van der Waals surface area contributed by atoms with E-state index in [-0.39, 0.29) is 5.02 Å². The van der Waals surface area contributed by atoms with Crippen molar-refractivity contribution in [1.82, 2.24) is 4.98 Å². The number of hydrogen-bond acceptors (Lipinski definition) is 3. The van der Waals surface area contributed by atoms with Gasteiger partial charge in [-0.2, -0.15) is 5.26 Å². The minimum atomic E-state index is -0.422. The van der Waals surface area contributed by atoms with Gasteiger partial charge in [0.05, 0.1) is 16.1 Å². The van der Waals surface area contributed by atoms with Gasteiger partial charge < -0.3 is 5.32 Å². The van der Waals surface area contributed by atoms with Crippen LogP contribution in [-0.4, -0.2) is 4.98 Å². The van der Waals surface area contributed by atoms with E-state index < -0.39 is 5.82 Å². The van der Waals surface area contributed by atoms with E-state index in [1.54, 1.807) is 18.2 Å². The maximum absolute atomic E-state index is 14.0. The molecule has 0 unspecified atom stereocenters. The molecule has 0 bridgehead atoms. The molecule has 1 aromatic heterocycles. The zero-order valence-electron chi connectivity index (χ0n) is 12.4. The first kappa shape index (κ1) is 15.3. The Bertz CT molecular complexity index is 931. The Morgan fingerprint density at radius 1 is 1.26 bits per heavy atom. The summed E-state index contributed by atoms with van der Waals surface area (Å²) < 4.78 is 14.0. The fraction of sp³-hybridized carbons (Fsp3) is 0.111. The second-order valence-electron chi connectivity index (χ2n) is 5.19. The summed E-state index contributed by atoms with van der Waals surface area (Å²) in [4.78, 5) is 4.44. The lowest BCUT2D eigenvalue weighted by Crippen LogP contribution is -2.04. The highest BCUT2D eigenvalue weighted by Gasteiger charge is 2.10. The van der Waals surface area contributed by atoms with E-state index >= 15 is 0 Å². The van der Waals surface area contributed by atoms with Gasteiger partial charge in [0.2, 0.25) is 0 Å². The van der Waals surface area contributed by atoms with Crippen molar-refractivity contribution >= 4 is 28.2 Å². The number of nitrogens with one attached hydrogen (secondary N) is 1. The predicted octanol–water partition coefficient (Wildman–Crippen LogP) is 4.82. The predicted molar refractivity (Wildman–Crippen MR) is 89.9 cm³/mol. The van der Waals surface area contributed by atoms with Crippen LogP contribution in [0.5, 0.6) is 0 Å². The van der Waals surface area contributed by atoms with Gasteiger partial charge in [-0.3, -0.25) is 4.98 Å². The monoisotopic (exact) mass is 325 g/mol. The Labute approximate surface area is 138 Å². The normalized spacial score (nSPS) is 10.5. The van der Waals surface area contributed by atoms with E-state index in [4.69, 9.17) is 11.6 Å². The molecule has 23 heavy (non-hydrogen) atoms. The van der Waals surface area contributed by atoms with Crippen LogP contribution in [0.1, 0.15) is 16.8 Å². The number of benzene rings is 2. The molecule has 0 aliphatic rings. The number of pyridine rings is 1. The Balaban J connectivity index is 2.00. The molecule has 3 rings (SSSR count). The maximum Gasteiger partial charge on any atom is 0.146 e. The van der Waals surface area contributed by atoms with Gasteiger partial charge in [0, 0.05) is 28.9 Å². The zero-order chi connectivity index (χ0) is 16.4. The van der Waals surface area contributed by atoms with Crippen LogP contribution in [0.4, 0.5) is 10.1 Å². The molecule has 0 amide bonds. The average Bonchev–Trinajstić information content (AvgIpc) is 2.55. The summed E-state index contributed by atoms with van der Waals surface area (Å²) in [6.07, 6.45) is 0. The second-order valence-corrected chi connectivity index (χ2v) is 5.60. The van der Waals surface area contributed by atoms with Crippen molar-refractivity contribution in [2.24, 2.45) is 0 Å². The smallest absolute Gasteiger partial charge is 0.146 e. The van der Waals surface area contributed by atoms with Gasteiger partial charge in [0.25, 0.3) is 0 Å². The van der Waals surface area contributed by atoms with Gasteiger partial charge in [-0.15, -0.1) is 0 Å². The summed E-state index contributed by atoms with van der Waals surface area (Å²) in [5, 5.41) is 13.4. The summed E-state index contributed by atoms with van der Waals surface area (Å²) in [5.74, 6) is -0.422. The van der Waals surface area contributed by atoms with Crippen molar-refractivity contribution in [1.29, 1.82) is 5.26 Å². The highest BCUT2D eigenvalue weighted by atomic mass is 35.5. The summed E-state index contributed by atoms with van der Waals surface area (Å²) in [7, 11) is 0. The number of aryl methyl sites for hydroxylation is 1. The fourth-order valence-electron chi connectivity index (χ4n) is 2.49. The van der Waals surface area contributed by atoms with Crippen molar-refractivity contribution in [2.75, 3.05) is 5.32 Å². The molecule has 0 spiro atoms. The number of para-hydroxylation sites is 1. The third-order valence-corrected chi connectivity index (χ3v) is 3.88. The van der Waals surface area contributed by atoms with Gasteiger partial charge in [0.1, 0.15) is 11.9 Å². The molecule has 5 heteroatoms. The molecular weight excluding hydrogens is 313 g/mol. The summed E-state index contributed by atoms with van der Waals surface area (Å²) in [6.45, 7) is 2.15. The molecule has 0 saturated heterocycles. The van der Waals surface area contributed by atoms with Crippen molar-refractivity contribution in [2.45, 2.75) is 13.5 Å². The maximum atomic E-state index is 14.0. The standard InChI is InChI=1S/C18H13ClFN3/c1-11-8-16(14-6-2-4-12(9-21)18(14)23-11)22-10-13-5-3-7-15(19)17(13)20/h2-8H,10H2,1H3,(H,22,23). The van der Waals surface area contributed by atoms with Gasteiger partial charge in [0.15, 0.2) is 0 Å². The minimum Gasteiger partial charge on any atom is -0.380 e. The van der Waals surface area contributed by atoms with Crippen LogP contribution in [0.2, 0.25) is 5.02 Å². The van der Waals surface area contributed by atoms with Crippen LogP contribution < -0.4 is 5.32 Å². The number of nitriles is 1. The largest absolute Gasteiger partial charge is 0.380 e. The second kappa shape index (κ2) is 6.23. The lowest BCUT2D eigenvalue weighted by molar-refractivity contribution is 0.613. The number of anilines is 1. The van der Waals surface area contributed by atoms with E-state index in [1.165, 1.54) is 6.07 Å². The first-order valence-corrected chi connectivity index (χ1v) is 7.45. The van der Waals surface area contributed by atoms with Crippen LogP contribution in [-0.2, 0) is 6.54 Å². The fourth-order valence-corrected chi connectivity index (χ4v) is 2.68. The van der Waals surface area contributed by atoms with Crippen LogP contribution in [0, 0.1) is 24.1 Å². The van der Waals surface area contributed by atoms with E-state index in [9.17, 15) is 9.65 Å². The molecule has 0 fully saturated rings. The number of fused-ring (bicyclic) bond motifs is 1. The molecule has 3 nitrogen and oxygen atoms in total. The number of rotatable bonds is 3. The van der Waals surface area contributed by atoms with Crippen LogP contribution in [0.3, 0.4) is 0 Å². The molecule has 0 radical (unpaired) electrons. The Morgan fingerprint density at radius 3 is 2.83 bits per heavy atom. The molecule has 0 aliphatic heterocycles. The van der Waals surface area contributed by atoms with Crippen molar-refractivity contribution in [3.05, 3.63) is 70.1 Å². The number of halogens is 2. The van der Waals surface area contributed by atoms with Crippen LogP contribution in [0.25, 0.3) is 10.9 Å². The summed E-state index contributed by atoms with van der Waals surface area (Å²) >= 11 is 5.81. The third-order valence-electron chi connectivity index (χ3n) is 3.59. The first-order chi connectivity index (χ1) is 11.1. The Kier molecular flexibility index (Phi) is 4.14. The molecular formula is C18H13ClFN3. The van der Waals surface area contributed by atoms with E-state index in [0.29, 0.717) is 23.2 Å². The van der Waals surface area contributed by atoms with E-state index in [1.807, 2.05) is 25.1 Å². The molecule has 2 aromatic carbocycles. The molecule has 1 heterocycles. The van der Waals surface area contributed by atoms with Gasteiger partial charge >= 0.3 is 0 Å². The van der Waals surface area contributed by atoms with Crippen molar-refractivity contribution in [3.8, 4) is 6.07 Å². The lowest BCUT2D eigenvalue weighted by atomic mass is 10.1. The zero-order valence-corrected chi connectivity index (χ0v) is 13.2. The molecule has 0 aliphatic carbocycles. The summed E-state index contributed by atoms with van der Waals surface area (Å²) in [6, 6.07) is 14.4. The number of aromatic nitrogens is 1. The molecule has 1 N–H and O–H groups in total. The Hall–Kier alpha value is -2.64. The molecule has 3 aromatic rings. The molecule has 0 atom stereocenters. The SMILES string of the molecule is Cc1cc(NCc2cccc(Cl)c2F)c2cccc(C#N)c2n1. The lowest BCUT2D eigenvalue weighted by Gasteiger charge is -2.12. The van der Waals surface area contributed by atoms with Gasteiger partial charge in [-0.05, 0) is 25.1 Å². The van der Waals surface area contributed by atoms with Crippen LogP contribution in [0.15, 0.2) is 42.5 Å². The minimum absolute atomic E-state index is 0.104. The van der Waals surface area contributed by atoms with Gasteiger partial charge in [-0.1, -0.05) is 35.9 Å². The first-order valence-electron chi connectivity index (χ1n) is 7.07. The van der Waals surface area contributed by atoms with Crippen molar-refractivity contribution < 1.29 is 4.39 Å². The molecule has 0 saturated carbocycles.